The Balaban J connectivity index is 2.93. The van der Waals surface area contributed by atoms with Crippen molar-refractivity contribution in [2.75, 3.05) is 6.54 Å². The Labute approximate surface area is 123 Å². The maximum absolute atomic E-state index is 13.1. The third kappa shape index (κ3) is 4.34. The fraction of sp³-hybridized carbons (Fsp3) is 0.571. The number of ether oxygens (including phenoxy) is 1. The molecule has 0 saturated heterocycles. The molecule has 0 N–H and O–H groups in total. The first-order valence-electron chi connectivity index (χ1n) is 6.46. The van der Waals surface area contributed by atoms with Gasteiger partial charge in [-0.1, -0.05) is 11.6 Å². The highest BCUT2D eigenvalue weighted by molar-refractivity contribution is 6.30. The van der Waals surface area contributed by atoms with Gasteiger partial charge in [0.1, 0.15) is 5.60 Å². The molecule has 112 valence electrons. The van der Waals surface area contributed by atoms with Gasteiger partial charge in [-0.2, -0.15) is 0 Å². The first-order valence-corrected chi connectivity index (χ1v) is 6.84. The lowest BCUT2D eigenvalue weighted by atomic mass is 10.2. The second-order valence-corrected chi connectivity index (χ2v) is 5.87. The van der Waals surface area contributed by atoms with Crippen molar-refractivity contribution in [2.45, 2.75) is 46.3 Å². The highest BCUT2D eigenvalue weighted by atomic mass is 35.5. The van der Waals surface area contributed by atoms with Gasteiger partial charge in [-0.25, -0.2) is 9.18 Å². The summed E-state index contributed by atoms with van der Waals surface area (Å²) in [6.07, 6.45) is 0.617. The molecule has 0 aliphatic heterocycles. The SMILES string of the molecule is CCN(C(=O)OC(C)(C)C)C(C)c1cc(Cl)c(F)cn1. The molecule has 6 heteroatoms. The third-order valence-corrected chi connectivity index (χ3v) is 2.98. The van der Waals surface area contributed by atoms with Gasteiger partial charge < -0.3 is 9.64 Å². The summed E-state index contributed by atoms with van der Waals surface area (Å²) in [7, 11) is 0. The van der Waals surface area contributed by atoms with Crippen molar-refractivity contribution >= 4 is 17.7 Å². The van der Waals surface area contributed by atoms with Gasteiger partial charge in [0.15, 0.2) is 5.82 Å². The Hall–Kier alpha value is -1.36. The van der Waals surface area contributed by atoms with Crippen LogP contribution in [0.4, 0.5) is 9.18 Å². The second-order valence-electron chi connectivity index (χ2n) is 5.47. The lowest BCUT2D eigenvalue weighted by Gasteiger charge is -2.30. The van der Waals surface area contributed by atoms with E-state index in [2.05, 4.69) is 4.98 Å². The summed E-state index contributed by atoms with van der Waals surface area (Å²) < 4.78 is 18.5. The minimum atomic E-state index is -0.581. The maximum Gasteiger partial charge on any atom is 0.410 e. The van der Waals surface area contributed by atoms with Gasteiger partial charge >= 0.3 is 6.09 Å². The summed E-state index contributed by atoms with van der Waals surface area (Å²) in [5.74, 6) is -0.581. The van der Waals surface area contributed by atoms with Crippen LogP contribution in [0.15, 0.2) is 12.3 Å². The maximum atomic E-state index is 13.1. The zero-order valence-electron chi connectivity index (χ0n) is 12.4. The largest absolute Gasteiger partial charge is 0.444 e. The van der Waals surface area contributed by atoms with Crippen LogP contribution < -0.4 is 0 Å². The number of carbonyl (C=O) groups excluding carboxylic acids is 1. The number of rotatable bonds is 3. The third-order valence-electron chi connectivity index (χ3n) is 2.69. The zero-order valence-corrected chi connectivity index (χ0v) is 13.2. The number of amides is 1. The zero-order chi connectivity index (χ0) is 15.5. The molecule has 0 aliphatic rings. The molecule has 1 aromatic heterocycles. The van der Waals surface area contributed by atoms with E-state index in [9.17, 15) is 9.18 Å². The Morgan fingerprint density at radius 2 is 2.15 bits per heavy atom. The van der Waals surface area contributed by atoms with Gasteiger partial charge in [0.25, 0.3) is 0 Å². The number of nitrogens with zero attached hydrogens (tertiary/aromatic N) is 2. The number of carbonyl (C=O) groups is 1. The van der Waals surface area contributed by atoms with Gasteiger partial charge in [0, 0.05) is 6.54 Å². The minimum absolute atomic E-state index is 0.0120. The second kappa shape index (κ2) is 6.39. The fourth-order valence-corrected chi connectivity index (χ4v) is 1.86. The van der Waals surface area contributed by atoms with Gasteiger partial charge in [-0.15, -0.1) is 0 Å². The summed E-state index contributed by atoms with van der Waals surface area (Å²) in [5.41, 5.74) is -0.0536. The number of aromatic nitrogens is 1. The first kappa shape index (κ1) is 16.7. The number of hydrogen-bond donors (Lipinski definition) is 0. The Morgan fingerprint density at radius 1 is 1.55 bits per heavy atom. The van der Waals surface area contributed by atoms with Gasteiger partial charge in [0.05, 0.1) is 23.0 Å². The highest BCUT2D eigenvalue weighted by Crippen LogP contribution is 2.24. The lowest BCUT2D eigenvalue weighted by molar-refractivity contribution is 0.0182. The molecule has 1 aromatic rings. The van der Waals surface area contributed by atoms with Crippen LogP contribution in [0.1, 0.15) is 46.4 Å². The van der Waals surface area contributed by atoms with Crippen LogP contribution >= 0.6 is 11.6 Å². The summed E-state index contributed by atoms with van der Waals surface area (Å²) in [4.78, 5) is 17.6. The molecule has 1 amide bonds. The molecular weight excluding hydrogens is 283 g/mol. The summed E-state index contributed by atoms with van der Waals surface area (Å²) in [5, 5.41) is -0.0120. The van der Waals surface area contributed by atoms with Crippen molar-refractivity contribution in [3.63, 3.8) is 0 Å². The predicted molar refractivity (Wildman–Crippen MR) is 76.2 cm³/mol. The van der Waals surface area contributed by atoms with Crippen LogP contribution in [0.25, 0.3) is 0 Å². The van der Waals surface area contributed by atoms with E-state index in [-0.39, 0.29) is 11.1 Å². The molecule has 0 saturated carbocycles. The first-order chi connectivity index (χ1) is 9.15. The molecule has 0 bridgehead atoms. The van der Waals surface area contributed by atoms with Crippen LogP contribution in [0.2, 0.25) is 5.02 Å². The summed E-state index contributed by atoms with van der Waals surface area (Å²) in [6, 6.07) is 1.07. The van der Waals surface area contributed by atoms with E-state index in [1.165, 1.54) is 11.0 Å². The average molecular weight is 303 g/mol. The van der Waals surface area contributed by atoms with E-state index >= 15 is 0 Å². The normalized spacial score (nSPS) is 12.9. The molecule has 1 unspecified atom stereocenters. The number of halogens is 2. The molecule has 0 spiro atoms. The Bertz CT molecular complexity index is 489. The topological polar surface area (TPSA) is 42.4 Å². The molecule has 0 radical (unpaired) electrons. The molecule has 20 heavy (non-hydrogen) atoms. The van der Waals surface area contributed by atoms with Crippen molar-refractivity contribution in [2.24, 2.45) is 0 Å². The standard InChI is InChI=1S/C14H20ClFN2O2/c1-6-18(13(19)20-14(3,4)5)9(2)12-7-10(15)11(16)8-17-12/h7-9H,6H2,1-5H3. The molecule has 4 nitrogen and oxygen atoms in total. The average Bonchev–Trinajstić information content (AvgIpc) is 2.31. The molecular formula is C14H20ClFN2O2. The molecule has 0 aliphatic carbocycles. The molecule has 0 aromatic carbocycles. The predicted octanol–water partition coefficient (Wildman–Crippen LogP) is 4.19. The minimum Gasteiger partial charge on any atom is -0.444 e. The van der Waals surface area contributed by atoms with E-state index < -0.39 is 17.5 Å². The molecule has 1 atom stereocenters. The summed E-state index contributed by atoms with van der Waals surface area (Å²) in [6.45, 7) is 9.49. The van der Waals surface area contributed by atoms with Crippen LogP contribution in [0.5, 0.6) is 0 Å². The van der Waals surface area contributed by atoms with E-state index in [1.807, 2.05) is 6.92 Å². The van der Waals surface area contributed by atoms with Gasteiger partial charge in [-0.05, 0) is 40.7 Å². The highest BCUT2D eigenvalue weighted by Gasteiger charge is 2.26. The fourth-order valence-electron chi connectivity index (χ4n) is 1.70. The van der Waals surface area contributed by atoms with Gasteiger partial charge in [0.2, 0.25) is 0 Å². The lowest BCUT2D eigenvalue weighted by Crippen LogP contribution is -2.38. The van der Waals surface area contributed by atoms with Crippen LogP contribution in [-0.2, 0) is 4.74 Å². The van der Waals surface area contributed by atoms with E-state index in [0.717, 1.165) is 6.20 Å². The molecule has 1 rings (SSSR count). The number of hydrogen-bond acceptors (Lipinski definition) is 3. The van der Waals surface area contributed by atoms with E-state index in [1.54, 1.807) is 27.7 Å². The van der Waals surface area contributed by atoms with Crippen LogP contribution in [0, 0.1) is 5.82 Å². The quantitative estimate of drug-likeness (QED) is 0.840. The van der Waals surface area contributed by atoms with Gasteiger partial charge in [-0.3, -0.25) is 4.98 Å². The van der Waals surface area contributed by atoms with Crippen molar-refractivity contribution < 1.29 is 13.9 Å². The van der Waals surface area contributed by atoms with Crippen molar-refractivity contribution in [1.82, 2.24) is 9.88 Å². The van der Waals surface area contributed by atoms with E-state index in [4.69, 9.17) is 16.3 Å². The van der Waals surface area contributed by atoms with Crippen molar-refractivity contribution in [1.29, 1.82) is 0 Å². The van der Waals surface area contributed by atoms with Crippen molar-refractivity contribution in [3.05, 3.63) is 28.8 Å². The number of pyridine rings is 1. The monoisotopic (exact) mass is 302 g/mol. The Kier molecular flexibility index (Phi) is 5.34. The summed E-state index contributed by atoms with van der Waals surface area (Å²) >= 11 is 5.74. The smallest absolute Gasteiger partial charge is 0.410 e. The Morgan fingerprint density at radius 3 is 2.60 bits per heavy atom. The molecule has 1 heterocycles. The van der Waals surface area contributed by atoms with Crippen molar-refractivity contribution in [3.8, 4) is 0 Å². The van der Waals surface area contributed by atoms with Crippen LogP contribution in [-0.4, -0.2) is 28.1 Å². The van der Waals surface area contributed by atoms with E-state index in [0.29, 0.717) is 12.2 Å². The molecule has 0 fully saturated rings. The van der Waals surface area contributed by atoms with Crippen LogP contribution in [0.3, 0.4) is 0 Å².